The number of aromatic nitrogens is 2. The van der Waals surface area contributed by atoms with E-state index < -0.39 is 6.04 Å². The summed E-state index contributed by atoms with van der Waals surface area (Å²) >= 11 is 0. The number of benzene rings is 3. The Morgan fingerprint density at radius 2 is 1.55 bits per heavy atom. The minimum Gasteiger partial charge on any atom is -0.418 e. The molecule has 1 unspecified atom stereocenters. The summed E-state index contributed by atoms with van der Waals surface area (Å²) in [6.07, 6.45) is 0.281. The monoisotopic (exact) mass is 383 g/mol. The van der Waals surface area contributed by atoms with Gasteiger partial charge in [-0.3, -0.25) is 4.79 Å². The van der Waals surface area contributed by atoms with Gasteiger partial charge in [0.15, 0.2) is 0 Å². The largest absolute Gasteiger partial charge is 0.418 e. The second kappa shape index (κ2) is 8.52. The number of rotatable bonds is 6. The van der Waals surface area contributed by atoms with Crippen molar-refractivity contribution < 1.29 is 9.21 Å². The summed E-state index contributed by atoms with van der Waals surface area (Å²) < 4.78 is 5.92. The number of carbonyl (C=O) groups is 1. The number of aryl methyl sites for hydroxylation is 1. The normalized spacial score (nSPS) is 11.8. The summed E-state index contributed by atoms with van der Waals surface area (Å²) in [4.78, 5) is 12.7. The molecule has 1 heterocycles. The first-order chi connectivity index (χ1) is 14.2. The molecule has 29 heavy (non-hydrogen) atoms. The maximum absolute atomic E-state index is 12.7. The Balaban J connectivity index is 1.58. The van der Waals surface area contributed by atoms with Gasteiger partial charge in [-0.1, -0.05) is 78.4 Å². The second-order valence-electron chi connectivity index (χ2n) is 6.89. The average Bonchev–Trinajstić information content (AvgIpc) is 3.25. The van der Waals surface area contributed by atoms with Crippen molar-refractivity contribution in [3.63, 3.8) is 0 Å². The molecule has 0 aliphatic heterocycles. The quantitative estimate of drug-likeness (QED) is 0.533. The highest BCUT2D eigenvalue weighted by atomic mass is 16.4. The van der Waals surface area contributed by atoms with Crippen LogP contribution in [0.25, 0.3) is 11.5 Å². The summed E-state index contributed by atoms with van der Waals surface area (Å²) in [6, 6.07) is 26.6. The van der Waals surface area contributed by atoms with Crippen LogP contribution in [0, 0.1) is 6.92 Å². The van der Waals surface area contributed by atoms with Crippen LogP contribution in [0.5, 0.6) is 0 Å². The Labute approximate surface area is 169 Å². The van der Waals surface area contributed by atoms with Crippen LogP contribution in [0.4, 0.5) is 0 Å². The number of nitrogens with one attached hydrogen (secondary N) is 1. The number of hydrogen-bond acceptors (Lipinski definition) is 4. The van der Waals surface area contributed by atoms with Gasteiger partial charge in [0, 0.05) is 5.56 Å². The molecule has 0 spiro atoms. The van der Waals surface area contributed by atoms with Crippen molar-refractivity contribution in [2.75, 3.05) is 0 Å². The molecule has 5 nitrogen and oxygen atoms in total. The predicted molar refractivity (Wildman–Crippen MR) is 111 cm³/mol. The van der Waals surface area contributed by atoms with E-state index in [4.69, 9.17) is 4.42 Å². The van der Waals surface area contributed by atoms with Crippen LogP contribution in [0.15, 0.2) is 89.3 Å². The molecule has 0 aliphatic carbocycles. The zero-order chi connectivity index (χ0) is 20.1. The van der Waals surface area contributed by atoms with Crippen LogP contribution < -0.4 is 5.32 Å². The molecular formula is C24H21N3O2. The zero-order valence-corrected chi connectivity index (χ0v) is 16.1. The van der Waals surface area contributed by atoms with E-state index in [2.05, 4.69) is 15.5 Å². The molecule has 0 saturated heterocycles. The van der Waals surface area contributed by atoms with E-state index >= 15 is 0 Å². The van der Waals surface area contributed by atoms with E-state index in [9.17, 15) is 4.79 Å². The predicted octanol–water partition coefficient (Wildman–Crippen LogP) is 4.49. The van der Waals surface area contributed by atoms with E-state index in [1.165, 1.54) is 0 Å². The molecule has 0 radical (unpaired) electrons. The molecule has 3 aromatic carbocycles. The van der Waals surface area contributed by atoms with Crippen molar-refractivity contribution >= 4 is 5.91 Å². The number of hydrogen-bond donors (Lipinski definition) is 1. The van der Waals surface area contributed by atoms with Gasteiger partial charge in [0.2, 0.25) is 17.7 Å². The maximum atomic E-state index is 12.7. The fourth-order valence-electron chi connectivity index (χ4n) is 3.09. The SMILES string of the molecule is Cc1ccc(CC(=O)NC(c2ccccc2)c2nnc(-c3ccccc3)o2)cc1. The van der Waals surface area contributed by atoms with Gasteiger partial charge in [0.25, 0.3) is 0 Å². The Morgan fingerprint density at radius 3 is 2.24 bits per heavy atom. The topological polar surface area (TPSA) is 68.0 Å². The smallest absolute Gasteiger partial charge is 0.247 e. The van der Waals surface area contributed by atoms with E-state index in [-0.39, 0.29) is 12.3 Å². The molecule has 0 fully saturated rings. The van der Waals surface area contributed by atoms with Gasteiger partial charge in [0.1, 0.15) is 6.04 Å². The third-order valence-corrected chi connectivity index (χ3v) is 4.63. The lowest BCUT2D eigenvalue weighted by atomic mass is 10.1. The summed E-state index contributed by atoms with van der Waals surface area (Å²) in [5, 5.41) is 11.4. The number of amides is 1. The minimum absolute atomic E-state index is 0.109. The third-order valence-electron chi connectivity index (χ3n) is 4.63. The lowest BCUT2D eigenvalue weighted by Gasteiger charge is -2.16. The highest BCUT2D eigenvalue weighted by molar-refractivity contribution is 5.79. The van der Waals surface area contributed by atoms with E-state index in [0.717, 1.165) is 22.3 Å². The van der Waals surface area contributed by atoms with Crippen LogP contribution in [0.3, 0.4) is 0 Å². The molecule has 0 aliphatic rings. The molecule has 0 bridgehead atoms. The first-order valence-corrected chi connectivity index (χ1v) is 9.48. The molecule has 4 aromatic rings. The van der Waals surface area contributed by atoms with Crippen molar-refractivity contribution in [1.82, 2.24) is 15.5 Å². The molecule has 0 saturated carbocycles. The molecule has 1 aromatic heterocycles. The van der Waals surface area contributed by atoms with E-state index in [1.54, 1.807) is 0 Å². The molecular weight excluding hydrogens is 362 g/mol. The number of carbonyl (C=O) groups excluding carboxylic acids is 1. The first kappa shape index (κ1) is 18.6. The minimum atomic E-state index is -0.515. The molecule has 1 atom stereocenters. The molecule has 1 amide bonds. The van der Waals surface area contributed by atoms with Gasteiger partial charge < -0.3 is 9.73 Å². The molecule has 144 valence electrons. The highest BCUT2D eigenvalue weighted by Gasteiger charge is 2.23. The van der Waals surface area contributed by atoms with E-state index in [0.29, 0.717) is 11.8 Å². The summed E-state index contributed by atoms with van der Waals surface area (Å²) in [7, 11) is 0. The van der Waals surface area contributed by atoms with Crippen molar-refractivity contribution in [3.8, 4) is 11.5 Å². The summed E-state index contributed by atoms with van der Waals surface area (Å²) in [6.45, 7) is 2.02. The van der Waals surface area contributed by atoms with Crippen LogP contribution in [0.2, 0.25) is 0 Å². The third kappa shape index (κ3) is 4.58. The van der Waals surface area contributed by atoms with Crippen LogP contribution in [0.1, 0.15) is 28.6 Å². The van der Waals surface area contributed by atoms with Gasteiger partial charge in [-0.25, -0.2) is 0 Å². The Bertz CT molecular complexity index is 1070. The van der Waals surface area contributed by atoms with Crippen molar-refractivity contribution in [2.45, 2.75) is 19.4 Å². The fourth-order valence-corrected chi connectivity index (χ4v) is 3.09. The van der Waals surface area contributed by atoms with Gasteiger partial charge in [-0.2, -0.15) is 0 Å². The summed E-state index contributed by atoms with van der Waals surface area (Å²) in [5.41, 5.74) is 3.84. The second-order valence-corrected chi connectivity index (χ2v) is 6.89. The van der Waals surface area contributed by atoms with Crippen LogP contribution in [-0.2, 0) is 11.2 Å². The zero-order valence-electron chi connectivity index (χ0n) is 16.1. The first-order valence-electron chi connectivity index (χ1n) is 9.48. The van der Waals surface area contributed by atoms with Crippen LogP contribution >= 0.6 is 0 Å². The molecule has 1 N–H and O–H groups in total. The van der Waals surface area contributed by atoms with Gasteiger partial charge >= 0.3 is 0 Å². The van der Waals surface area contributed by atoms with Gasteiger partial charge in [0.05, 0.1) is 6.42 Å². The fraction of sp³-hybridized carbons (Fsp3) is 0.125. The lowest BCUT2D eigenvalue weighted by molar-refractivity contribution is -0.121. The highest BCUT2D eigenvalue weighted by Crippen LogP contribution is 2.25. The van der Waals surface area contributed by atoms with E-state index in [1.807, 2.05) is 91.9 Å². The Kier molecular flexibility index (Phi) is 5.47. The Morgan fingerprint density at radius 1 is 0.897 bits per heavy atom. The van der Waals surface area contributed by atoms with Crippen molar-refractivity contribution in [3.05, 3.63) is 108 Å². The van der Waals surface area contributed by atoms with Gasteiger partial charge in [-0.05, 0) is 30.2 Å². The number of nitrogens with zero attached hydrogens (tertiary/aromatic N) is 2. The Hall–Kier alpha value is -3.73. The summed E-state index contributed by atoms with van der Waals surface area (Å²) in [5.74, 6) is 0.670. The molecule has 5 heteroatoms. The average molecular weight is 383 g/mol. The van der Waals surface area contributed by atoms with Crippen LogP contribution in [-0.4, -0.2) is 16.1 Å². The standard InChI is InChI=1S/C24H21N3O2/c1-17-12-14-18(15-13-17)16-21(28)25-22(19-8-4-2-5-9-19)24-27-26-23(29-24)20-10-6-3-7-11-20/h2-15,22H,16H2,1H3,(H,25,28). The maximum Gasteiger partial charge on any atom is 0.247 e. The van der Waals surface area contributed by atoms with Crippen molar-refractivity contribution in [1.29, 1.82) is 0 Å². The van der Waals surface area contributed by atoms with Gasteiger partial charge in [-0.15, -0.1) is 10.2 Å². The lowest BCUT2D eigenvalue weighted by Crippen LogP contribution is -2.30. The van der Waals surface area contributed by atoms with Crippen molar-refractivity contribution in [2.24, 2.45) is 0 Å². The molecule has 4 rings (SSSR count).